The highest BCUT2D eigenvalue weighted by atomic mass is 35.5. The van der Waals surface area contributed by atoms with Gasteiger partial charge < -0.3 is 0 Å². The summed E-state index contributed by atoms with van der Waals surface area (Å²) in [5, 5.41) is 10.0. The van der Waals surface area contributed by atoms with Crippen LogP contribution in [0.1, 0.15) is 17.8 Å². The first-order chi connectivity index (χ1) is 15.9. The molecule has 0 aliphatic carbocycles. The topological polar surface area (TPSA) is 73.8 Å². The number of nitrogens with zero attached hydrogens (tertiary/aromatic N) is 7. The van der Waals surface area contributed by atoms with E-state index in [1.807, 2.05) is 37.3 Å². The third-order valence-electron chi connectivity index (χ3n) is 5.46. The van der Waals surface area contributed by atoms with Gasteiger partial charge in [-0.25, -0.2) is 28.2 Å². The van der Waals surface area contributed by atoms with Crippen molar-refractivity contribution in [1.29, 1.82) is 0 Å². The van der Waals surface area contributed by atoms with Gasteiger partial charge in [-0.1, -0.05) is 41.9 Å². The first-order valence-electron chi connectivity index (χ1n) is 9.94. The number of hydrogen-bond donors (Lipinski definition) is 0. The molecule has 33 heavy (non-hydrogen) atoms. The summed E-state index contributed by atoms with van der Waals surface area (Å²) in [4.78, 5) is 14.0. The highest BCUT2D eigenvalue weighted by molar-refractivity contribution is 7.26. The van der Waals surface area contributed by atoms with Crippen LogP contribution in [-0.2, 0) is 7.05 Å². The number of aryl methyl sites for hydroxylation is 2. The Morgan fingerprint density at radius 2 is 1.88 bits per heavy atom. The second-order valence-corrected chi connectivity index (χ2v) is 8.92. The molecule has 5 heterocycles. The Kier molecular flexibility index (Phi) is 4.43. The normalized spacial score (nSPS) is 12.1. The van der Waals surface area contributed by atoms with Crippen molar-refractivity contribution in [3.8, 4) is 22.6 Å². The van der Waals surface area contributed by atoms with Crippen LogP contribution in [0, 0.1) is 6.92 Å². The molecular formula is C22H14ClF2N7S. The lowest BCUT2D eigenvalue weighted by molar-refractivity contribution is 0.146. The zero-order valence-corrected chi connectivity index (χ0v) is 18.9. The maximum absolute atomic E-state index is 13.6. The van der Waals surface area contributed by atoms with Gasteiger partial charge in [0, 0.05) is 12.4 Å². The Morgan fingerprint density at radius 3 is 2.58 bits per heavy atom. The van der Waals surface area contributed by atoms with Crippen LogP contribution in [0.3, 0.4) is 0 Å². The summed E-state index contributed by atoms with van der Waals surface area (Å²) in [6.45, 7) is 1.81. The number of halogens is 3. The van der Waals surface area contributed by atoms with Gasteiger partial charge in [-0.3, -0.25) is 4.68 Å². The molecule has 7 nitrogen and oxygen atoms in total. The van der Waals surface area contributed by atoms with Gasteiger partial charge in [-0.15, -0.1) is 16.4 Å². The van der Waals surface area contributed by atoms with Crippen molar-refractivity contribution in [1.82, 2.24) is 34.3 Å². The van der Waals surface area contributed by atoms with E-state index in [9.17, 15) is 8.78 Å². The van der Waals surface area contributed by atoms with Crippen molar-refractivity contribution in [3.63, 3.8) is 0 Å². The molecular weight excluding hydrogens is 468 g/mol. The molecule has 164 valence electrons. The fourth-order valence-corrected chi connectivity index (χ4v) is 5.36. The molecule has 0 aliphatic rings. The lowest BCUT2D eigenvalue weighted by Gasteiger charge is -2.07. The number of hydrogen-bond acceptors (Lipinski definition) is 6. The summed E-state index contributed by atoms with van der Waals surface area (Å²) in [6, 6.07) is 10.8. The molecule has 0 spiro atoms. The Labute approximate surface area is 194 Å². The first-order valence-corrected chi connectivity index (χ1v) is 11.1. The third-order valence-corrected chi connectivity index (χ3v) is 6.98. The molecule has 0 aliphatic heterocycles. The SMILES string of the molecule is Cc1nn(C)c(-c2nc3c4sc5nc(C(F)F)cc(-c6ccccc6)c5c4ncn3n2)c1Cl. The van der Waals surface area contributed by atoms with E-state index in [2.05, 4.69) is 20.2 Å². The van der Waals surface area contributed by atoms with Crippen LogP contribution in [-0.4, -0.2) is 34.3 Å². The molecule has 0 atom stereocenters. The smallest absolute Gasteiger partial charge is 0.263 e. The quantitative estimate of drug-likeness (QED) is 0.317. The third kappa shape index (κ3) is 3.01. The van der Waals surface area contributed by atoms with Gasteiger partial charge in [-0.2, -0.15) is 5.10 Å². The molecule has 5 aromatic heterocycles. The molecule has 0 saturated carbocycles. The van der Waals surface area contributed by atoms with Gasteiger partial charge in [0.25, 0.3) is 6.43 Å². The van der Waals surface area contributed by atoms with Crippen LogP contribution in [0.25, 0.3) is 48.7 Å². The minimum Gasteiger partial charge on any atom is -0.263 e. The highest BCUT2D eigenvalue weighted by Gasteiger charge is 2.23. The zero-order chi connectivity index (χ0) is 22.9. The van der Waals surface area contributed by atoms with Crippen LogP contribution < -0.4 is 0 Å². The molecule has 0 unspecified atom stereocenters. The number of alkyl halides is 2. The van der Waals surface area contributed by atoms with E-state index in [-0.39, 0.29) is 5.69 Å². The largest absolute Gasteiger partial charge is 0.280 e. The Hall–Kier alpha value is -3.50. The van der Waals surface area contributed by atoms with E-state index in [0.717, 1.165) is 5.56 Å². The van der Waals surface area contributed by atoms with Crippen molar-refractivity contribution < 1.29 is 8.78 Å². The van der Waals surface area contributed by atoms with Crippen LogP contribution >= 0.6 is 22.9 Å². The van der Waals surface area contributed by atoms with E-state index in [1.54, 1.807) is 22.6 Å². The summed E-state index contributed by atoms with van der Waals surface area (Å²) in [7, 11) is 1.77. The second-order valence-electron chi connectivity index (χ2n) is 7.54. The number of benzene rings is 1. The van der Waals surface area contributed by atoms with E-state index in [4.69, 9.17) is 16.6 Å². The van der Waals surface area contributed by atoms with Gasteiger partial charge in [0.15, 0.2) is 5.65 Å². The van der Waals surface area contributed by atoms with Gasteiger partial charge in [0.05, 0.1) is 16.2 Å². The van der Waals surface area contributed by atoms with E-state index < -0.39 is 6.43 Å². The molecule has 0 amide bonds. The fraction of sp³-hybridized carbons (Fsp3) is 0.136. The lowest BCUT2D eigenvalue weighted by atomic mass is 10.0. The molecule has 0 N–H and O–H groups in total. The zero-order valence-electron chi connectivity index (χ0n) is 17.3. The van der Waals surface area contributed by atoms with Crippen molar-refractivity contribution in [2.45, 2.75) is 13.3 Å². The van der Waals surface area contributed by atoms with E-state index in [1.165, 1.54) is 17.4 Å². The molecule has 0 bridgehead atoms. The standard InChI is InChI=1S/C22H14ClF2N7S/c1-10-15(23)17(31(2)29-10)20-28-21-18-16(26-9-32(21)30-20)14-12(11-6-4-3-5-7-11)8-13(19(24)25)27-22(14)33-18/h3-9,19H,1-2H3. The monoisotopic (exact) mass is 481 g/mol. The highest BCUT2D eigenvalue weighted by Crippen LogP contribution is 2.41. The van der Waals surface area contributed by atoms with E-state index >= 15 is 0 Å². The average molecular weight is 482 g/mol. The van der Waals surface area contributed by atoms with Crippen LogP contribution in [0.4, 0.5) is 8.78 Å². The maximum Gasteiger partial charge on any atom is 0.280 e. The number of fused-ring (bicyclic) bond motifs is 5. The molecule has 6 aromatic rings. The molecule has 0 radical (unpaired) electrons. The Balaban J connectivity index is 1.68. The lowest BCUT2D eigenvalue weighted by Crippen LogP contribution is -1.96. The average Bonchev–Trinajstić information content (AvgIpc) is 3.46. The molecule has 0 saturated heterocycles. The summed E-state index contributed by atoms with van der Waals surface area (Å²) in [6.07, 6.45) is -1.13. The summed E-state index contributed by atoms with van der Waals surface area (Å²) in [5.74, 6) is 0.402. The predicted molar refractivity (Wildman–Crippen MR) is 124 cm³/mol. The Bertz CT molecular complexity index is 1690. The van der Waals surface area contributed by atoms with E-state index in [0.29, 0.717) is 53.9 Å². The minimum atomic E-state index is -2.69. The maximum atomic E-state index is 13.6. The molecule has 11 heteroatoms. The fourth-order valence-electron chi connectivity index (χ4n) is 3.98. The molecule has 6 rings (SSSR count). The number of rotatable bonds is 3. The van der Waals surface area contributed by atoms with Crippen LogP contribution in [0.15, 0.2) is 42.7 Å². The summed E-state index contributed by atoms with van der Waals surface area (Å²) < 4.78 is 31.2. The summed E-state index contributed by atoms with van der Waals surface area (Å²) >= 11 is 7.70. The van der Waals surface area contributed by atoms with Crippen molar-refractivity contribution in [2.75, 3.05) is 0 Å². The van der Waals surface area contributed by atoms with Crippen molar-refractivity contribution >= 4 is 49.0 Å². The second kappa shape index (κ2) is 7.26. The summed E-state index contributed by atoms with van der Waals surface area (Å²) in [5.41, 5.74) is 3.65. The first kappa shape index (κ1) is 20.1. The van der Waals surface area contributed by atoms with Gasteiger partial charge >= 0.3 is 0 Å². The minimum absolute atomic E-state index is 0.275. The molecule has 1 aromatic carbocycles. The van der Waals surface area contributed by atoms with Crippen molar-refractivity contribution in [3.05, 3.63) is 59.1 Å². The number of aromatic nitrogens is 7. The van der Waals surface area contributed by atoms with Crippen LogP contribution in [0.5, 0.6) is 0 Å². The number of thiophene rings is 1. The van der Waals surface area contributed by atoms with Gasteiger partial charge in [-0.05, 0) is 24.1 Å². The number of pyridine rings is 1. The van der Waals surface area contributed by atoms with Gasteiger partial charge in [0.1, 0.15) is 27.2 Å². The van der Waals surface area contributed by atoms with Crippen LogP contribution in [0.2, 0.25) is 5.02 Å². The van der Waals surface area contributed by atoms with Crippen molar-refractivity contribution in [2.24, 2.45) is 7.05 Å². The van der Waals surface area contributed by atoms with Gasteiger partial charge in [0.2, 0.25) is 5.82 Å². The Morgan fingerprint density at radius 1 is 1.09 bits per heavy atom. The molecule has 0 fully saturated rings. The predicted octanol–water partition coefficient (Wildman–Crippen LogP) is 5.85.